The molecule has 108 valence electrons. The molecule has 1 unspecified atom stereocenters. The lowest BCUT2D eigenvalue weighted by Gasteiger charge is -2.32. The van der Waals surface area contributed by atoms with Crippen LogP contribution in [0.5, 0.6) is 0 Å². The smallest absolute Gasteiger partial charge is 0.131 e. The molecule has 0 saturated heterocycles. The maximum atomic E-state index is 4.90. The Bertz CT molecular complexity index is 619. The largest absolute Gasteiger partial charge is 0.352 e. The van der Waals surface area contributed by atoms with E-state index in [-0.39, 0.29) is 0 Å². The number of aliphatic imine (C=N–C) groups is 1. The Morgan fingerprint density at radius 3 is 2.52 bits per heavy atom. The van der Waals surface area contributed by atoms with Crippen LogP contribution >= 0.6 is 22.6 Å². The molecule has 21 heavy (non-hydrogen) atoms. The summed E-state index contributed by atoms with van der Waals surface area (Å²) in [6, 6.07) is 19.7. The Morgan fingerprint density at radius 2 is 1.81 bits per heavy atom. The highest BCUT2D eigenvalue weighted by Gasteiger charge is 2.20. The lowest BCUT2D eigenvalue weighted by atomic mass is 10.1. The zero-order valence-corrected chi connectivity index (χ0v) is 14.3. The number of benzene rings is 2. The van der Waals surface area contributed by atoms with E-state index in [4.69, 9.17) is 4.99 Å². The predicted octanol–water partition coefficient (Wildman–Crippen LogP) is 4.33. The molecule has 0 N–H and O–H groups in total. The molecule has 0 aliphatic carbocycles. The molecule has 0 saturated carbocycles. The molecule has 0 spiro atoms. The van der Waals surface area contributed by atoms with Gasteiger partial charge in [0.25, 0.3) is 0 Å². The molecule has 1 heterocycles. The van der Waals surface area contributed by atoms with Crippen molar-refractivity contribution in [3.8, 4) is 0 Å². The summed E-state index contributed by atoms with van der Waals surface area (Å²) in [5, 5.41) is 0. The molecule has 0 amide bonds. The Kier molecular flexibility index (Phi) is 4.58. The van der Waals surface area contributed by atoms with Crippen molar-refractivity contribution in [3.63, 3.8) is 0 Å². The van der Waals surface area contributed by atoms with E-state index in [2.05, 4.69) is 89.0 Å². The van der Waals surface area contributed by atoms with Crippen LogP contribution in [0.15, 0.2) is 59.6 Å². The number of rotatable bonds is 3. The molecule has 3 heteroatoms. The van der Waals surface area contributed by atoms with Gasteiger partial charge in [-0.15, -0.1) is 0 Å². The maximum absolute atomic E-state index is 4.90. The highest BCUT2D eigenvalue weighted by Crippen LogP contribution is 2.19. The van der Waals surface area contributed by atoms with Gasteiger partial charge in [-0.3, -0.25) is 4.99 Å². The van der Waals surface area contributed by atoms with Crippen molar-refractivity contribution in [1.82, 2.24) is 4.90 Å². The molecule has 0 bridgehead atoms. The van der Waals surface area contributed by atoms with Gasteiger partial charge in [0.2, 0.25) is 0 Å². The molecule has 1 atom stereocenters. The minimum absolute atomic E-state index is 0.409. The van der Waals surface area contributed by atoms with E-state index < -0.39 is 0 Å². The molecular formula is C18H19IN2. The van der Waals surface area contributed by atoms with E-state index in [1.54, 1.807) is 0 Å². The third kappa shape index (κ3) is 3.64. The molecule has 1 aliphatic heterocycles. The van der Waals surface area contributed by atoms with Gasteiger partial charge in [-0.2, -0.15) is 0 Å². The van der Waals surface area contributed by atoms with Crippen LogP contribution in [0.25, 0.3) is 0 Å². The molecule has 0 aromatic heterocycles. The molecule has 2 nitrogen and oxygen atoms in total. The van der Waals surface area contributed by atoms with Crippen LogP contribution in [0.4, 0.5) is 0 Å². The summed E-state index contributed by atoms with van der Waals surface area (Å²) in [5.41, 5.74) is 2.56. The third-order valence-electron chi connectivity index (χ3n) is 3.78. The zero-order chi connectivity index (χ0) is 14.7. The van der Waals surface area contributed by atoms with Crippen molar-refractivity contribution >= 4 is 28.4 Å². The van der Waals surface area contributed by atoms with E-state index in [1.165, 1.54) is 14.7 Å². The van der Waals surface area contributed by atoms with Gasteiger partial charge < -0.3 is 4.90 Å². The predicted molar refractivity (Wildman–Crippen MR) is 96.6 cm³/mol. The average Bonchev–Trinajstić information content (AvgIpc) is 2.51. The first-order valence-corrected chi connectivity index (χ1v) is 8.43. The first-order valence-electron chi connectivity index (χ1n) is 7.35. The fourth-order valence-corrected chi connectivity index (χ4v) is 2.98. The van der Waals surface area contributed by atoms with Crippen LogP contribution in [-0.2, 0) is 6.54 Å². The number of nitrogens with zero attached hydrogens (tertiary/aromatic N) is 2. The average molecular weight is 390 g/mol. The lowest BCUT2D eigenvalue weighted by molar-refractivity contribution is 0.365. The molecule has 3 rings (SSSR count). The standard InChI is InChI=1S/C18H19IN2/c1-14-11-12-21(13-15-5-3-2-4-6-15)18(20-14)16-7-9-17(19)10-8-16/h2-10,14H,11-13H2,1H3. The molecule has 0 fully saturated rings. The molecule has 1 aliphatic rings. The van der Waals surface area contributed by atoms with Gasteiger partial charge >= 0.3 is 0 Å². The van der Waals surface area contributed by atoms with Crippen LogP contribution in [0, 0.1) is 3.57 Å². The number of halogens is 1. The third-order valence-corrected chi connectivity index (χ3v) is 4.50. The van der Waals surface area contributed by atoms with Crippen molar-refractivity contribution in [2.45, 2.75) is 25.9 Å². The van der Waals surface area contributed by atoms with E-state index in [1.807, 2.05) is 0 Å². The van der Waals surface area contributed by atoms with Crippen LogP contribution in [0.2, 0.25) is 0 Å². The second kappa shape index (κ2) is 6.60. The fraction of sp³-hybridized carbons (Fsp3) is 0.278. The summed E-state index contributed by atoms with van der Waals surface area (Å²) >= 11 is 2.34. The highest BCUT2D eigenvalue weighted by molar-refractivity contribution is 14.1. The van der Waals surface area contributed by atoms with Crippen LogP contribution in [0.3, 0.4) is 0 Å². The summed E-state index contributed by atoms with van der Waals surface area (Å²) in [4.78, 5) is 7.30. The first kappa shape index (κ1) is 14.6. The lowest BCUT2D eigenvalue weighted by Crippen LogP contribution is -2.38. The SMILES string of the molecule is CC1CCN(Cc2ccccc2)C(c2ccc(I)cc2)=N1. The summed E-state index contributed by atoms with van der Waals surface area (Å²) in [6.45, 7) is 4.20. The normalized spacial score (nSPS) is 18.5. The molecular weight excluding hydrogens is 371 g/mol. The van der Waals surface area contributed by atoms with Gasteiger partial charge in [0.15, 0.2) is 0 Å². The zero-order valence-electron chi connectivity index (χ0n) is 12.2. The van der Waals surface area contributed by atoms with Gasteiger partial charge in [0.1, 0.15) is 5.84 Å². The molecule has 2 aromatic carbocycles. The highest BCUT2D eigenvalue weighted by atomic mass is 127. The van der Waals surface area contributed by atoms with Crippen molar-refractivity contribution in [2.75, 3.05) is 6.54 Å². The van der Waals surface area contributed by atoms with Crippen LogP contribution in [-0.4, -0.2) is 23.3 Å². The Balaban J connectivity index is 1.88. The number of amidine groups is 1. The van der Waals surface area contributed by atoms with E-state index >= 15 is 0 Å². The quantitative estimate of drug-likeness (QED) is 0.713. The van der Waals surface area contributed by atoms with Gasteiger partial charge in [0, 0.05) is 22.2 Å². The van der Waals surface area contributed by atoms with Gasteiger partial charge in [-0.05, 0) is 53.6 Å². The van der Waals surface area contributed by atoms with Gasteiger partial charge in [0.05, 0.1) is 6.04 Å². The van der Waals surface area contributed by atoms with Crippen molar-refractivity contribution in [1.29, 1.82) is 0 Å². The van der Waals surface area contributed by atoms with E-state index in [0.717, 1.165) is 25.3 Å². The fourth-order valence-electron chi connectivity index (χ4n) is 2.62. The first-order chi connectivity index (χ1) is 10.2. The number of hydrogen-bond donors (Lipinski definition) is 0. The monoisotopic (exact) mass is 390 g/mol. The minimum atomic E-state index is 0.409. The summed E-state index contributed by atoms with van der Waals surface area (Å²) < 4.78 is 1.26. The van der Waals surface area contributed by atoms with E-state index in [0.29, 0.717) is 6.04 Å². The maximum Gasteiger partial charge on any atom is 0.131 e. The Labute approximate surface area is 140 Å². The molecule has 2 aromatic rings. The summed E-state index contributed by atoms with van der Waals surface area (Å²) in [7, 11) is 0. The van der Waals surface area contributed by atoms with Gasteiger partial charge in [-0.1, -0.05) is 42.5 Å². The van der Waals surface area contributed by atoms with Gasteiger partial charge in [-0.25, -0.2) is 0 Å². The minimum Gasteiger partial charge on any atom is -0.352 e. The Morgan fingerprint density at radius 1 is 1.10 bits per heavy atom. The second-order valence-electron chi connectivity index (χ2n) is 5.50. The van der Waals surface area contributed by atoms with Crippen molar-refractivity contribution < 1.29 is 0 Å². The van der Waals surface area contributed by atoms with Crippen molar-refractivity contribution in [2.24, 2.45) is 4.99 Å². The summed E-state index contributed by atoms with van der Waals surface area (Å²) in [5.74, 6) is 1.13. The summed E-state index contributed by atoms with van der Waals surface area (Å²) in [6.07, 6.45) is 1.13. The van der Waals surface area contributed by atoms with Crippen LogP contribution < -0.4 is 0 Å². The van der Waals surface area contributed by atoms with Crippen LogP contribution in [0.1, 0.15) is 24.5 Å². The van der Waals surface area contributed by atoms with E-state index in [9.17, 15) is 0 Å². The topological polar surface area (TPSA) is 15.6 Å². The Hall–Kier alpha value is -1.36. The second-order valence-corrected chi connectivity index (χ2v) is 6.75. The molecule has 0 radical (unpaired) electrons. The van der Waals surface area contributed by atoms with Crippen molar-refractivity contribution in [3.05, 3.63) is 69.3 Å². The number of hydrogen-bond acceptors (Lipinski definition) is 2.